The fourth-order valence-corrected chi connectivity index (χ4v) is 5.40. The number of morpholine rings is 1. The number of imide groups is 1. The van der Waals surface area contributed by atoms with Gasteiger partial charge in [0.2, 0.25) is 0 Å². The van der Waals surface area contributed by atoms with Crippen molar-refractivity contribution in [2.75, 3.05) is 38.3 Å². The Morgan fingerprint density at radius 2 is 1.66 bits per heavy atom. The molecule has 0 bridgehead atoms. The number of nitrogens with zero attached hydrogens (tertiary/aromatic N) is 2. The molecule has 4 atom stereocenters. The Hall–Kier alpha value is -5.08. The van der Waals surface area contributed by atoms with Crippen molar-refractivity contribution >= 4 is 23.8 Å². The topological polar surface area (TPSA) is 154 Å². The van der Waals surface area contributed by atoms with Crippen LogP contribution in [0.2, 0.25) is 0 Å². The van der Waals surface area contributed by atoms with Crippen LogP contribution < -0.4 is 26.0 Å². The molecule has 20 heteroatoms. The van der Waals surface area contributed by atoms with Crippen molar-refractivity contribution in [1.82, 2.24) is 15.6 Å². The van der Waals surface area contributed by atoms with Gasteiger partial charge in [0.05, 0.1) is 50.0 Å². The van der Waals surface area contributed by atoms with Crippen LogP contribution in [0.3, 0.4) is 0 Å². The quantitative estimate of drug-likeness (QED) is 0.213. The molecule has 4 rings (SSSR count). The number of aromatic nitrogens is 1. The van der Waals surface area contributed by atoms with E-state index in [1.165, 1.54) is 24.3 Å². The van der Waals surface area contributed by atoms with Gasteiger partial charge in [-0.15, -0.1) is 13.2 Å². The molecular weight excluding hydrogens is 730 g/mol. The Kier molecular flexibility index (Phi) is 13.5. The molecule has 12 nitrogen and oxygen atoms in total. The number of halogens is 8. The van der Waals surface area contributed by atoms with Crippen LogP contribution in [0.15, 0.2) is 60.9 Å². The lowest BCUT2D eigenvalue weighted by Crippen LogP contribution is -2.50. The fraction of sp³-hybridized carbons (Fsp3) is 0.394. The van der Waals surface area contributed by atoms with Crippen LogP contribution in [0.4, 0.5) is 50.4 Å². The van der Waals surface area contributed by atoms with Gasteiger partial charge in [-0.05, 0) is 48.2 Å². The van der Waals surface area contributed by atoms with Gasteiger partial charge < -0.3 is 35.3 Å². The summed E-state index contributed by atoms with van der Waals surface area (Å²) < 4.78 is 124. The Bertz CT molecular complexity index is 1700. The third-order valence-electron chi connectivity index (χ3n) is 7.88. The monoisotopic (exact) mass is 763 g/mol. The summed E-state index contributed by atoms with van der Waals surface area (Å²) >= 11 is 0. The number of nitrogens with one attached hydrogen (secondary N) is 2. The number of alkyl carbamates (subject to hydrolysis) is 1. The highest BCUT2D eigenvalue weighted by Gasteiger charge is 2.38. The van der Waals surface area contributed by atoms with E-state index in [1.54, 1.807) is 5.32 Å². The average molecular weight is 764 g/mol. The summed E-state index contributed by atoms with van der Waals surface area (Å²) in [7, 11) is 0.957. The van der Waals surface area contributed by atoms with Gasteiger partial charge in [0.25, 0.3) is 5.91 Å². The number of hydrogen-bond donors (Lipinski definition) is 3. The summed E-state index contributed by atoms with van der Waals surface area (Å²) in [5.74, 6) is -4.43. The predicted octanol–water partition coefficient (Wildman–Crippen LogP) is 5.10. The number of carbonyl (C=O) groups excluding carboxylic acids is 3. The fourth-order valence-electron chi connectivity index (χ4n) is 5.40. The number of carbonyl (C=O) groups is 3. The molecule has 53 heavy (non-hydrogen) atoms. The number of rotatable bonds is 12. The van der Waals surface area contributed by atoms with Gasteiger partial charge in [-0.2, -0.15) is 13.2 Å². The van der Waals surface area contributed by atoms with E-state index < -0.39 is 78.7 Å². The minimum atomic E-state index is -4.98. The summed E-state index contributed by atoms with van der Waals surface area (Å²) in [6.07, 6.45) is -10.8. The molecule has 1 aromatic heterocycles. The summed E-state index contributed by atoms with van der Waals surface area (Å²) in [5, 5.41) is 4.58. The molecule has 288 valence electrons. The van der Waals surface area contributed by atoms with E-state index in [9.17, 15) is 45.1 Å². The van der Waals surface area contributed by atoms with E-state index in [4.69, 9.17) is 19.9 Å². The average Bonchev–Trinajstić information content (AvgIpc) is 3.10. The number of alkyl halides is 6. The molecule has 0 unspecified atom stereocenters. The van der Waals surface area contributed by atoms with Gasteiger partial charge in [-0.3, -0.25) is 9.78 Å². The first kappa shape index (κ1) is 40.7. The summed E-state index contributed by atoms with van der Waals surface area (Å²) in [6.45, 7) is -1.75. The zero-order chi connectivity index (χ0) is 38.9. The van der Waals surface area contributed by atoms with Crippen molar-refractivity contribution in [3.63, 3.8) is 0 Å². The second-order valence-corrected chi connectivity index (χ2v) is 11.6. The van der Waals surface area contributed by atoms with Gasteiger partial charge in [-0.1, -0.05) is 24.3 Å². The van der Waals surface area contributed by atoms with Crippen molar-refractivity contribution in [1.29, 1.82) is 0 Å². The molecule has 4 N–H and O–H groups in total. The Labute approximate surface area is 296 Å². The van der Waals surface area contributed by atoms with Gasteiger partial charge in [0.1, 0.15) is 30.5 Å². The molecule has 1 saturated heterocycles. The van der Waals surface area contributed by atoms with Crippen molar-refractivity contribution in [3.8, 4) is 5.75 Å². The number of benzene rings is 2. The maximum absolute atomic E-state index is 15.4. The van der Waals surface area contributed by atoms with Crippen molar-refractivity contribution in [3.05, 3.63) is 89.2 Å². The number of amides is 3. The third-order valence-corrected chi connectivity index (χ3v) is 7.88. The molecule has 2 aromatic carbocycles. The minimum Gasteiger partial charge on any atom is -0.452 e. The SMILES string of the molecule is COC(=O)N(C(=O)[C@@H](N)[C@H](c1ccc(F)cc1)c1ccc(OC(F)(F)F)cc1)c1cncc(F)c1CC[C@@H]1CN[C@H](COC(=O)NCC(F)(F)F)CO1. The lowest BCUT2D eigenvalue weighted by Gasteiger charge is -2.31. The standard InChI is InChI=1S/C33H33F8N5O7/c1-50-31(49)46(29(47)28(42)27(18-2-6-20(34)7-3-18)19-4-8-22(9-5-19)53-33(39,40)41)26-14-43-13-25(35)24(26)11-10-23-12-44-21(15-51-23)16-52-30(48)45-17-32(36,37)38/h2-9,13-14,21,23,27-28,44H,10-12,15-17,42H2,1H3,(H,45,48)/t21-,23+,27+,28-/m0/s1. The highest BCUT2D eigenvalue weighted by atomic mass is 19.4. The summed E-state index contributed by atoms with van der Waals surface area (Å²) in [5.41, 5.74) is 6.41. The number of ether oxygens (including phenoxy) is 4. The van der Waals surface area contributed by atoms with Gasteiger partial charge in [0.15, 0.2) is 0 Å². The molecule has 1 aliphatic rings. The number of methoxy groups -OCH3 is 1. The normalized spacial score (nSPS) is 17.3. The van der Waals surface area contributed by atoms with E-state index in [2.05, 4.69) is 15.0 Å². The number of anilines is 1. The first-order valence-corrected chi connectivity index (χ1v) is 15.7. The van der Waals surface area contributed by atoms with Gasteiger partial charge in [-0.25, -0.2) is 23.3 Å². The maximum atomic E-state index is 15.4. The predicted molar refractivity (Wildman–Crippen MR) is 169 cm³/mol. The lowest BCUT2D eigenvalue weighted by molar-refractivity contribution is -0.274. The summed E-state index contributed by atoms with van der Waals surface area (Å²) in [6, 6.07) is 6.85. The van der Waals surface area contributed by atoms with Crippen LogP contribution in [-0.4, -0.2) is 87.2 Å². The molecule has 0 radical (unpaired) electrons. The van der Waals surface area contributed by atoms with Crippen molar-refractivity contribution in [2.45, 2.75) is 49.5 Å². The molecule has 1 fully saturated rings. The third kappa shape index (κ3) is 11.7. The molecule has 1 aliphatic heterocycles. The van der Waals surface area contributed by atoms with Crippen molar-refractivity contribution < 1.29 is 68.5 Å². The number of hydrogen-bond acceptors (Lipinski definition) is 10. The van der Waals surface area contributed by atoms with Gasteiger partial charge in [0, 0.05) is 18.0 Å². The lowest BCUT2D eigenvalue weighted by atomic mass is 9.84. The van der Waals surface area contributed by atoms with E-state index in [0.717, 1.165) is 43.8 Å². The maximum Gasteiger partial charge on any atom is 0.573 e. The van der Waals surface area contributed by atoms with E-state index >= 15 is 4.39 Å². The Morgan fingerprint density at radius 1 is 1.02 bits per heavy atom. The van der Waals surface area contributed by atoms with Crippen molar-refractivity contribution in [2.24, 2.45) is 5.73 Å². The summed E-state index contributed by atoms with van der Waals surface area (Å²) in [4.78, 5) is 43.1. The van der Waals surface area contributed by atoms with E-state index in [-0.39, 0.29) is 55.0 Å². The first-order chi connectivity index (χ1) is 25.0. The van der Waals surface area contributed by atoms with Crippen LogP contribution in [-0.2, 0) is 25.4 Å². The van der Waals surface area contributed by atoms with E-state index in [1.807, 2.05) is 0 Å². The second kappa shape index (κ2) is 17.6. The number of pyridine rings is 1. The zero-order valence-electron chi connectivity index (χ0n) is 27.7. The minimum absolute atomic E-state index is 0.0292. The first-order valence-electron chi connectivity index (χ1n) is 15.7. The molecule has 0 saturated carbocycles. The van der Waals surface area contributed by atoms with Gasteiger partial charge >= 0.3 is 24.7 Å². The van der Waals surface area contributed by atoms with Crippen LogP contribution in [0.5, 0.6) is 5.75 Å². The molecule has 3 aromatic rings. The molecule has 0 aliphatic carbocycles. The van der Waals surface area contributed by atoms with Crippen LogP contribution >= 0.6 is 0 Å². The molecule has 2 heterocycles. The van der Waals surface area contributed by atoms with Crippen LogP contribution in [0.25, 0.3) is 0 Å². The van der Waals surface area contributed by atoms with E-state index in [0.29, 0.717) is 4.90 Å². The van der Waals surface area contributed by atoms with Crippen LogP contribution in [0, 0.1) is 11.6 Å². The van der Waals surface area contributed by atoms with Crippen LogP contribution in [0.1, 0.15) is 29.0 Å². The zero-order valence-corrected chi connectivity index (χ0v) is 27.7. The molecule has 0 spiro atoms. The largest absolute Gasteiger partial charge is 0.573 e. The number of nitrogens with two attached hydrogens (primary N) is 1. The Balaban J connectivity index is 1.52. The highest BCUT2D eigenvalue weighted by molar-refractivity contribution is 6.15. The highest BCUT2D eigenvalue weighted by Crippen LogP contribution is 2.33. The molecular formula is C33H33F8N5O7. The Morgan fingerprint density at radius 3 is 2.23 bits per heavy atom. The smallest absolute Gasteiger partial charge is 0.452 e. The molecule has 3 amide bonds. The second-order valence-electron chi connectivity index (χ2n) is 11.6.